The van der Waals surface area contributed by atoms with E-state index in [1.54, 1.807) is 0 Å². The fourth-order valence-corrected chi connectivity index (χ4v) is 9.28. The second kappa shape index (κ2) is 13.0. The first-order chi connectivity index (χ1) is 28.0. The lowest BCUT2D eigenvalue weighted by atomic mass is 9.79. The normalized spacial score (nSPS) is 12.9. The lowest BCUT2D eigenvalue weighted by Crippen LogP contribution is -2.15. The zero-order valence-electron chi connectivity index (χ0n) is 31.9. The van der Waals surface area contributed by atoms with Crippen molar-refractivity contribution in [3.05, 3.63) is 205 Å². The van der Waals surface area contributed by atoms with Crippen LogP contribution < -0.4 is 0 Å². The summed E-state index contributed by atoms with van der Waals surface area (Å²) >= 11 is 0. The summed E-state index contributed by atoms with van der Waals surface area (Å²) in [4.78, 5) is 10.4. The average Bonchev–Trinajstić information content (AvgIpc) is 3.51. The molecule has 0 aliphatic heterocycles. The fraction of sp³-hybridized carbons (Fsp3) is 0.0545. The van der Waals surface area contributed by atoms with Gasteiger partial charge < -0.3 is 0 Å². The van der Waals surface area contributed by atoms with Crippen LogP contribution in [0.1, 0.15) is 25.0 Å². The van der Waals surface area contributed by atoms with Gasteiger partial charge in [0.2, 0.25) is 0 Å². The van der Waals surface area contributed by atoms with E-state index in [9.17, 15) is 0 Å². The van der Waals surface area contributed by atoms with Gasteiger partial charge in [0.25, 0.3) is 0 Å². The first-order valence-electron chi connectivity index (χ1n) is 19.7. The van der Waals surface area contributed by atoms with Crippen molar-refractivity contribution in [1.82, 2.24) is 9.97 Å². The van der Waals surface area contributed by atoms with Crippen molar-refractivity contribution in [2.24, 2.45) is 0 Å². The zero-order chi connectivity index (χ0) is 38.1. The molecule has 0 unspecified atom stereocenters. The Hall–Kier alpha value is -7.16. The topological polar surface area (TPSA) is 25.8 Å². The van der Waals surface area contributed by atoms with Crippen molar-refractivity contribution in [1.29, 1.82) is 0 Å². The third-order valence-corrected chi connectivity index (χ3v) is 12.1. The maximum atomic E-state index is 5.23. The molecule has 1 aromatic heterocycles. The smallest absolute Gasteiger partial charge is 0.160 e. The van der Waals surface area contributed by atoms with E-state index in [4.69, 9.17) is 9.97 Å². The molecule has 0 atom stereocenters. The van der Waals surface area contributed by atoms with Crippen molar-refractivity contribution in [2.45, 2.75) is 19.3 Å². The van der Waals surface area contributed by atoms with Gasteiger partial charge in [-0.2, -0.15) is 0 Å². The van der Waals surface area contributed by atoms with Crippen LogP contribution >= 0.6 is 0 Å². The van der Waals surface area contributed by atoms with Gasteiger partial charge in [-0.15, -0.1) is 0 Å². The molecule has 1 heterocycles. The summed E-state index contributed by atoms with van der Waals surface area (Å²) in [7, 11) is 0. The standard InChI is InChI=1S/C55H38N2/c1-55(2)50-33-40(28-29-46(50)49-30-27-37-14-7-9-19-43(37)53(49)55)35-23-25-38(26-24-35)42-31-32-48(45-21-11-10-20-44(42)45)52-34-51(56-54(57-52)39-15-4-3-5-16-39)47-22-12-17-36-13-6-8-18-41(36)47/h3-34H,1-2H3. The van der Waals surface area contributed by atoms with E-state index in [0.717, 1.165) is 33.5 Å². The second-order valence-corrected chi connectivity index (χ2v) is 15.7. The van der Waals surface area contributed by atoms with E-state index in [0.29, 0.717) is 5.82 Å². The molecule has 0 amide bonds. The first-order valence-corrected chi connectivity index (χ1v) is 19.7. The second-order valence-electron chi connectivity index (χ2n) is 15.7. The Morgan fingerprint density at radius 1 is 0.333 bits per heavy atom. The molecule has 57 heavy (non-hydrogen) atoms. The summed E-state index contributed by atoms with van der Waals surface area (Å²) in [5, 5.41) is 7.37. The van der Waals surface area contributed by atoms with E-state index < -0.39 is 0 Å². The molecule has 0 spiro atoms. The van der Waals surface area contributed by atoms with Crippen LogP contribution in [-0.2, 0) is 5.41 Å². The van der Waals surface area contributed by atoms with Gasteiger partial charge >= 0.3 is 0 Å². The molecule has 0 saturated carbocycles. The maximum absolute atomic E-state index is 5.23. The van der Waals surface area contributed by atoms with Crippen molar-refractivity contribution < 1.29 is 0 Å². The summed E-state index contributed by atoms with van der Waals surface area (Å²) < 4.78 is 0. The minimum atomic E-state index is -0.0939. The zero-order valence-corrected chi connectivity index (χ0v) is 31.9. The van der Waals surface area contributed by atoms with Gasteiger partial charge in [-0.05, 0) is 89.0 Å². The van der Waals surface area contributed by atoms with Crippen LogP contribution in [0.2, 0.25) is 0 Å². The minimum Gasteiger partial charge on any atom is -0.228 e. The third-order valence-electron chi connectivity index (χ3n) is 12.1. The quantitative estimate of drug-likeness (QED) is 0.176. The van der Waals surface area contributed by atoms with E-state index in [1.165, 1.54) is 71.4 Å². The molecular weight excluding hydrogens is 689 g/mol. The Morgan fingerprint density at radius 2 is 0.860 bits per heavy atom. The van der Waals surface area contributed by atoms with Crippen molar-refractivity contribution >= 4 is 32.3 Å². The van der Waals surface area contributed by atoms with E-state index in [1.807, 2.05) is 18.2 Å². The predicted molar refractivity (Wildman–Crippen MR) is 239 cm³/mol. The Balaban J connectivity index is 0.986. The number of benzene rings is 9. The predicted octanol–water partition coefficient (Wildman–Crippen LogP) is 14.6. The first kappa shape index (κ1) is 33.2. The molecule has 268 valence electrons. The highest BCUT2D eigenvalue weighted by Crippen LogP contribution is 2.52. The van der Waals surface area contributed by atoms with E-state index >= 15 is 0 Å². The van der Waals surface area contributed by atoms with Crippen LogP contribution in [0.15, 0.2) is 194 Å². The Kier molecular flexibility index (Phi) is 7.55. The molecule has 11 rings (SSSR count). The number of fused-ring (bicyclic) bond motifs is 7. The van der Waals surface area contributed by atoms with Gasteiger partial charge in [-0.1, -0.05) is 196 Å². The Labute approximate surface area is 332 Å². The monoisotopic (exact) mass is 726 g/mol. The molecule has 10 aromatic rings. The van der Waals surface area contributed by atoms with Crippen LogP contribution in [0.3, 0.4) is 0 Å². The molecule has 2 nitrogen and oxygen atoms in total. The van der Waals surface area contributed by atoms with E-state index in [2.05, 4.69) is 190 Å². The largest absolute Gasteiger partial charge is 0.228 e. The molecule has 0 bridgehead atoms. The van der Waals surface area contributed by atoms with Gasteiger partial charge in [0.1, 0.15) is 0 Å². The van der Waals surface area contributed by atoms with Gasteiger partial charge in [-0.3, -0.25) is 0 Å². The number of rotatable bonds is 5. The third kappa shape index (κ3) is 5.40. The molecule has 9 aromatic carbocycles. The molecule has 0 radical (unpaired) electrons. The maximum Gasteiger partial charge on any atom is 0.160 e. The highest BCUT2D eigenvalue weighted by Gasteiger charge is 2.37. The van der Waals surface area contributed by atoms with Crippen molar-refractivity contribution in [2.75, 3.05) is 0 Å². The lowest BCUT2D eigenvalue weighted by molar-refractivity contribution is 0.666. The van der Waals surface area contributed by atoms with Gasteiger partial charge in [-0.25, -0.2) is 9.97 Å². The summed E-state index contributed by atoms with van der Waals surface area (Å²) in [6, 6.07) is 70.1. The molecule has 1 aliphatic rings. The number of nitrogens with zero attached hydrogens (tertiary/aromatic N) is 2. The SMILES string of the molecule is CC1(C)c2cc(-c3ccc(-c4ccc(-c5cc(-c6cccc7ccccc67)nc(-c6ccccc6)n5)c5ccccc45)cc3)ccc2-c2ccc3ccccc3c21. The fourth-order valence-electron chi connectivity index (χ4n) is 9.28. The van der Waals surface area contributed by atoms with E-state index in [-0.39, 0.29) is 5.41 Å². The van der Waals surface area contributed by atoms with Crippen LogP contribution in [0.5, 0.6) is 0 Å². The van der Waals surface area contributed by atoms with Gasteiger partial charge in [0, 0.05) is 22.1 Å². The Bertz CT molecular complexity index is 3190. The summed E-state index contributed by atoms with van der Waals surface area (Å²) in [6.45, 7) is 4.75. The Morgan fingerprint density at radius 3 is 1.61 bits per heavy atom. The van der Waals surface area contributed by atoms with Crippen molar-refractivity contribution in [3.8, 4) is 67.3 Å². The van der Waals surface area contributed by atoms with Crippen molar-refractivity contribution in [3.63, 3.8) is 0 Å². The highest BCUT2D eigenvalue weighted by atomic mass is 14.9. The number of hydrogen-bond acceptors (Lipinski definition) is 2. The highest BCUT2D eigenvalue weighted by molar-refractivity contribution is 6.05. The number of hydrogen-bond donors (Lipinski definition) is 0. The van der Waals surface area contributed by atoms with Crippen LogP contribution in [-0.4, -0.2) is 9.97 Å². The lowest BCUT2D eigenvalue weighted by Gasteiger charge is -2.23. The summed E-state index contributed by atoms with van der Waals surface area (Å²) in [5.74, 6) is 0.715. The van der Waals surface area contributed by atoms with Crippen LogP contribution in [0.25, 0.3) is 99.6 Å². The average molecular weight is 727 g/mol. The summed E-state index contributed by atoms with van der Waals surface area (Å²) in [6.07, 6.45) is 0. The van der Waals surface area contributed by atoms with Crippen LogP contribution in [0, 0.1) is 0 Å². The summed E-state index contributed by atoms with van der Waals surface area (Å²) in [5.41, 5.74) is 15.3. The molecule has 2 heteroatoms. The van der Waals surface area contributed by atoms with Crippen LogP contribution in [0.4, 0.5) is 0 Å². The molecule has 1 aliphatic carbocycles. The molecular formula is C55H38N2. The number of aromatic nitrogens is 2. The van der Waals surface area contributed by atoms with Gasteiger partial charge in [0.05, 0.1) is 11.4 Å². The van der Waals surface area contributed by atoms with Gasteiger partial charge in [0.15, 0.2) is 5.82 Å². The molecule has 0 fully saturated rings. The minimum absolute atomic E-state index is 0.0939. The molecule has 0 N–H and O–H groups in total. The molecule has 0 saturated heterocycles.